The second-order valence-corrected chi connectivity index (χ2v) is 16.8. The van der Waals surface area contributed by atoms with Crippen LogP contribution in [0.3, 0.4) is 0 Å². The third kappa shape index (κ3) is 14.1. The van der Waals surface area contributed by atoms with E-state index in [1.807, 2.05) is 0 Å². The number of nitrogens with one attached hydrogen (secondary N) is 1. The van der Waals surface area contributed by atoms with Crippen LogP contribution >= 0.6 is 30.8 Å². The van der Waals surface area contributed by atoms with Crippen molar-refractivity contribution in [2.45, 2.75) is 50.3 Å². The van der Waals surface area contributed by atoms with E-state index in [0.717, 1.165) is 25.4 Å². The molecule has 0 radical (unpaired) electrons. The predicted octanol–water partition coefficient (Wildman–Crippen LogP) is 3.43. The minimum atomic E-state index is -4.86. The molecule has 3 aromatic rings. The standard InChI is InChI=1S/C16H14ClF3N2O4.C14H13ClO5S.C3H8NO5P/c1-8(2)26-14(24)10-6-9(4-5-11(10)17)22-13(23)7-12(16(18,19)20)21(3)15(22)25;1-21(19,20)8-5-6-9(10(15)7-8)14(18)13-11(16)3-2-4-12(13)17;5-3(6)1-4-2-10(7,8)9/h4-8H,1-3H3;5-7,13H,2-4H2,1H3;4H,1-2H2,(H,5,6)(H2,7,8,9). The van der Waals surface area contributed by atoms with E-state index in [0.29, 0.717) is 21.6 Å². The van der Waals surface area contributed by atoms with Gasteiger partial charge in [-0.2, -0.15) is 13.2 Å². The largest absolute Gasteiger partial charge is 0.480 e. The quantitative estimate of drug-likeness (QED) is 0.0984. The number of carboxylic acid groups (broad SMARTS) is 1. The van der Waals surface area contributed by atoms with Gasteiger partial charge < -0.3 is 19.6 Å². The summed E-state index contributed by atoms with van der Waals surface area (Å²) in [5.74, 6) is -4.70. The van der Waals surface area contributed by atoms with Crippen LogP contribution in [0.15, 0.2) is 56.9 Å². The van der Waals surface area contributed by atoms with Gasteiger partial charge in [-0.1, -0.05) is 23.2 Å². The molecule has 1 heterocycles. The van der Waals surface area contributed by atoms with Gasteiger partial charge in [-0.3, -0.25) is 38.4 Å². The van der Waals surface area contributed by atoms with E-state index in [-0.39, 0.29) is 44.6 Å². The molecule has 4 N–H and O–H groups in total. The zero-order chi connectivity index (χ0) is 43.8. The lowest BCUT2D eigenvalue weighted by Crippen LogP contribution is -2.40. The average molecular weight is 889 g/mol. The molecule has 1 aromatic heterocycles. The Hall–Kier alpha value is -4.50. The Balaban J connectivity index is 0.000000324. The number of alkyl halides is 3. The Labute approximate surface area is 331 Å². The first kappa shape index (κ1) is 48.6. The lowest BCUT2D eigenvalue weighted by atomic mass is 9.82. The fraction of sp³-hybridized carbons (Fsp3) is 0.364. The van der Waals surface area contributed by atoms with E-state index >= 15 is 0 Å². The Morgan fingerprint density at radius 1 is 0.965 bits per heavy atom. The number of halogens is 5. The Bertz CT molecular complexity index is 2330. The van der Waals surface area contributed by atoms with Gasteiger partial charge >= 0.3 is 31.4 Å². The molecule has 0 saturated heterocycles. The highest BCUT2D eigenvalue weighted by Crippen LogP contribution is 2.32. The SMILES string of the molecule is CC(C)OC(=O)c1cc(-n2c(=O)cc(C(F)(F)F)n(C)c2=O)ccc1Cl.CS(=O)(=O)c1ccc(C(=O)C2C(=O)CCCC2=O)c(Cl)c1.O=C(O)CNCP(=O)(O)O. The van der Waals surface area contributed by atoms with Crippen molar-refractivity contribution in [3.8, 4) is 5.69 Å². The number of Topliss-reactive ketones (excluding diaryl/α,β-unsaturated/α-hetero) is 3. The Morgan fingerprint density at radius 3 is 2.02 bits per heavy atom. The first-order chi connectivity index (χ1) is 26.1. The van der Waals surface area contributed by atoms with E-state index in [1.54, 1.807) is 13.8 Å². The maximum Gasteiger partial charge on any atom is 0.431 e. The highest BCUT2D eigenvalue weighted by atomic mass is 35.5. The van der Waals surface area contributed by atoms with Crippen molar-refractivity contribution in [3.05, 3.63) is 90.2 Å². The van der Waals surface area contributed by atoms with E-state index in [4.69, 9.17) is 42.8 Å². The van der Waals surface area contributed by atoms with Crippen LogP contribution in [-0.4, -0.2) is 86.9 Å². The van der Waals surface area contributed by atoms with Crippen LogP contribution in [-0.2, 0) is 46.7 Å². The molecular formula is C33H35Cl2F3N3O14PS. The van der Waals surface area contributed by atoms with E-state index < -0.39 is 94.7 Å². The first-order valence-corrected chi connectivity index (χ1v) is 20.5. The molecule has 0 bridgehead atoms. The van der Waals surface area contributed by atoms with Crippen LogP contribution in [0, 0.1) is 5.92 Å². The van der Waals surface area contributed by atoms with Crippen LogP contribution in [0.25, 0.3) is 5.69 Å². The molecule has 17 nitrogen and oxygen atoms in total. The molecule has 0 amide bonds. The number of nitrogens with zero attached hydrogens (tertiary/aromatic N) is 2. The second-order valence-electron chi connectivity index (χ2n) is 12.3. The predicted molar refractivity (Wildman–Crippen MR) is 197 cm³/mol. The molecule has 1 saturated carbocycles. The van der Waals surface area contributed by atoms with E-state index in [1.165, 1.54) is 24.3 Å². The summed E-state index contributed by atoms with van der Waals surface area (Å²) in [6, 6.07) is 7.55. The maximum absolute atomic E-state index is 12.9. The minimum Gasteiger partial charge on any atom is -0.480 e. The van der Waals surface area contributed by atoms with Gasteiger partial charge in [0.15, 0.2) is 27.2 Å². The topological polar surface area (TPSA) is 263 Å². The number of carboxylic acids is 1. The third-order valence-electron chi connectivity index (χ3n) is 7.36. The van der Waals surface area contributed by atoms with Crippen molar-refractivity contribution in [1.82, 2.24) is 14.5 Å². The van der Waals surface area contributed by atoms with Crippen LogP contribution in [0.5, 0.6) is 0 Å². The highest BCUT2D eigenvalue weighted by Gasteiger charge is 2.37. The van der Waals surface area contributed by atoms with Gasteiger partial charge in [0.2, 0.25) is 0 Å². The molecule has 2 aromatic carbocycles. The molecule has 0 unspecified atom stereocenters. The normalized spacial score (nSPS) is 13.6. The summed E-state index contributed by atoms with van der Waals surface area (Å²) < 4.78 is 77.4. The summed E-state index contributed by atoms with van der Waals surface area (Å²) in [4.78, 5) is 98.4. The second kappa shape index (κ2) is 19.8. The van der Waals surface area contributed by atoms with Crippen molar-refractivity contribution in [2.75, 3.05) is 19.1 Å². The van der Waals surface area contributed by atoms with Crippen molar-refractivity contribution >= 4 is 69.9 Å². The highest BCUT2D eigenvalue weighted by molar-refractivity contribution is 7.90. The number of benzene rings is 2. The molecule has 312 valence electrons. The Kier molecular flexibility index (Phi) is 16.9. The number of carbonyl (C=O) groups excluding carboxylic acids is 4. The van der Waals surface area contributed by atoms with Crippen molar-refractivity contribution < 1.29 is 69.8 Å². The zero-order valence-corrected chi connectivity index (χ0v) is 33.4. The van der Waals surface area contributed by atoms with Gasteiger partial charge in [0.1, 0.15) is 11.6 Å². The van der Waals surface area contributed by atoms with Gasteiger partial charge in [-0.25, -0.2) is 22.6 Å². The molecule has 1 aliphatic carbocycles. The van der Waals surface area contributed by atoms with Crippen LogP contribution in [0.1, 0.15) is 59.5 Å². The van der Waals surface area contributed by atoms with E-state index in [9.17, 15) is 59.7 Å². The molecule has 0 spiro atoms. The lowest BCUT2D eigenvalue weighted by molar-refractivity contribution is -0.144. The molecule has 1 fully saturated rings. The number of hydrogen-bond acceptors (Lipinski definition) is 12. The van der Waals surface area contributed by atoms with Crippen LogP contribution in [0.4, 0.5) is 13.2 Å². The lowest BCUT2D eigenvalue weighted by Gasteiger charge is -2.18. The molecule has 0 aliphatic heterocycles. The van der Waals surface area contributed by atoms with E-state index in [2.05, 4.69) is 5.32 Å². The van der Waals surface area contributed by atoms with Gasteiger partial charge in [0.25, 0.3) is 5.56 Å². The number of aliphatic carboxylic acids is 1. The molecule has 0 atom stereocenters. The van der Waals surface area contributed by atoms with Gasteiger partial charge in [0, 0.05) is 37.8 Å². The summed E-state index contributed by atoms with van der Waals surface area (Å²) >= 11 is 11.9. The molecule has 24 heteroatoms. The zero-order valence-electron chi connectivity index (χ0n) is 30.2. The van der Waals surface area contributed by atoms with Crippen LogP contribution < -0.4 is 16.6 Å². The summed E-state index contributed by atoms with van der Waals surface area (Å²) in [6.45, 7) is 2.79. The van der Waals surface area contributed by atoms with Gasteiger partial charge in [-0.05, 0) is 56.7 Å². The number of sulfone groups is 1. The van der Waals surface area contributed by atoms with Crippen LogP contribution in [0.2, 0.25) is 10.0 Å². The first-order valence-electron chi connectivity index (χ1n) is 16.0. The maximum atomic E-state index is 12.9. The number of rotatable bonds is 10. The van der Waals surface area contributed by atoms with Crippen molar-refractivity contribution in [2.24, 2.45) is 13.0 Å². The molecular weight excluding hydrogens is 853 g/mol. The molecule has 4 rings (SSSR count). The van der Waals surface area contributed by atoms with Gasteiger partial charge in [0.05, 0.1) is 45.1 Å². The number of esters is 1. The summed E-state index contributed by atoms with van der Waals surface area (Å²) in [7, 11) is -6.65. The summed E-state index contributed by atoms with van der Waals surface area (Å²) in [5, 5.41) is 9.99. The fourth-order valence-corrected chi connectivity index (χ4v) is 6.39. The molecule has 1 aliphatic rings. The summed E-state index contributed by atoms with van der Waals surface area (Å²) in [6.07, 6.45) is -4.03. The number of hydrogen-bond donors (Lipinski definition) is 4. The Morgan fingerprint density at radius 2 is 1.54 bits per heavy atom. The monoisotopic (exact) mass is 887 g/mol. The van der Waals surface area contributed by atoms with Crippen molar-refractivity contribution in [3.63, 3.8) is 0 Å². The summed E-state index contributed by atoms with van der Waals surface area (Å²) in [5.41, 5.74) is -4.01. The van der Waals surface area contributed by atoms with Crippen molar-refractivity contribution in [1.29, 1.82) is 0 Å². The number of carbonyl (C=O) groups is 5. The average Bonchev–Trinajstić information content (AvgIpc) is 3.05. The minimum absolute atomic E-state index is 0.00216. The smallest absolute Gasteiger partial charge is 0.431 e. The number of aromatic nitrogens is 2. The van der Waals surface area contributed by atoms with Gasteiger partial charge in [-0.15, -0.1) is 0 Å². The fourth-order valence-electron chi connectivity index (χ4n) is 4.81. The number of ketones is 3. The molecule has 57 heavy (non-hydrogen) atoms. The number of ether oxygens (including phenoxy) is 1. The third-order valence-corrected chi connectivity index (χ3v) is 9.75.